The maximum absolute atomic E-state index is 12.6. The highest BCUT2D eigenvalue weighted by Crippen LogP contribution is 2.33. The number of carbonyl (C=O) groups excluding carboxylic acids is 1. The van der Waals surface area contributed by atoms with Gasteiger partial charge in [-0.2, -0.15) is 0 Å². The van der Waals surface area contributed by atoms with Crippen LogP contribution in [-0.2, 0) is 4.79 Å². The number of hydrogen-bond acceptors (Lipinski definition) is 2. The van der Waals surface area contributed by atoms with Crippen LogP contribution in [0.25, 0.3) is 0 Å². The van der Waals surface area contributed by atoms with E-state index in [2.05, 4.69) is 17.1 Å². The molecule has 0 aromatic heterocycles. The fraction of sp³-hybridized carbons (Fsp3) is 0.941. The molecule has 1 saturated heterocycles. The molecular weight excluding hydrogens is 248 g/mol. The average molecular weight is 280 g/mol. The minimum absolute atomic E-state index is 0.323. The first-order chi connectivity index (χ1) is 9.74. The van der Waals surface area contributed by atoms with Crippen molar-refractivity contribution in [3.05, 3.63) is 0 Å². The van der Waals surface area contributed by atoms with Crippen LogP contribution in [0.15, 0.2) is 0 Å². The minimum atomic E-state index is 0.323. The van der Waals surface area contributed by atoms with E-state index in [0.717, 1.165) is 38.3 Å². The number of nitrogens with zero attached hydrogens (tertiary/aromatic N) is 1. The van der Waals surface area contributed by atoms with E-state index < -0.39 is 0 Å². The standard InChI is InChI=1S/C17H32N2O/c1-3-4-6-14-8-10-15(11-9-14)17(20)19-12-5-7-16(13-19)18-2/h14-16,18H,3-13H2,1-2H3. The molecule has 0 aromatic rings. The third-order valence-electron chi connectivity index (χ3n) is 5.30. The lowest BCUT2D eigenvalue weighted by molar-refractivity contribution is -0.138. The molecule has 2 fully saturated rings. The number of piperidine rings is 1. The zero-order chi connectivity index (χ0) is 14.4. The Balaban J connectivity index is 1.76. The number of amides is 1. The molecular formula is C17H32N2O. The monoisotopic (exact) mass is 280 g/mol. The second-order valence-corrected chi connectivity index (χ2v) is 6.77. The lowest BCUT2D eigenvalue weighted by Crippen LogP contribution is -2.49. The number of unbranched alkanes of at least 4 members (excludes halogenated alkanes) is 1. The van der Waals surface area contributed by atoms with Gasteiger partial charge < -0.3 is 10.2 Å². The summed E-state index contributed by atoms with van der Waals surface area (Å²) < 4.78 is 0. The summed E-state index contributed by atoms with van der Waals surface area (Å²) in [5, 5.41) is 3.33. The predicted octanol–water partition coefficient (Wildman–Crippen LogP) is 3.19. The van der Waals surface area contributed by atoms with Crippen molar-refractivity contribution < 1.29 is 4.79 Å². The summed E-state index contributed by atoms with van der Waals surface area (Å²) >= 11 is 0. The predicted molar refractivity (Wildman–Crippen MR) is 83.6 cm³/mol. The van der Waals surface area contributed by atoms with Crippen LogP contribution >= 0.6 is 0 Å². The lowest BCUT2D eigenvalue weighted by Gasteiger charge is -2.37. The molecule has 1 amide bonds. The van der Waals surface area contributed by atoms with Gasteiger partial charge in [0, 0.05) is 25.0 Å². The molecule has 1 heterocycles. The molecule has 0 bridgehead atoms. The van der Waals surface area contributed by atoms with Gasteiger partial charge in [-0.1, -0.05) is 26.2 Å². The van der Waals surface area contributed by atoms with Crippen molar-refractivity contribution in [1.29, 1.82) is 0 Å². The Hall–Kier alpha value is -0.570. The van der Waals surface area contributed by atoms with Crippen LogP contribution in [-0.4, -0.2) is 37.0 Å². The number of likely N-dealkylation sites (N-methyl/N-ethyl adjacent to an activating group) is 1. The Labute approximate surface area is 124 Å². The van der Waals surface area contributed by atoms with Crippen molar-refractivity contribution in [3.63, 3.8) is 0 Å². The van der Waals surface area contributed by atoms with E-state index in [0.29, 0.717) is 17.9 Å². The van der Waals surface area contributed by atoms with E-state index in [1.807, 2.05) is 7.05 Å². The van der Waals surface area contributed by atoms with Gasteiger partial charge in [-0.3, -0.25) is 4.79 Å². The molecule has 1 atom stereocenters. The van der Waals surface area contributed by atoms with Crippen LogP contribution in [0.4, 0.5) is 0 Å². The molecule has 0 spiro atoms. The minimum Gasteiger partial charge on any atom is -0.341 e. The third kappa shape index (κ3) is 4.21. The topological polar surface area (TPSA) is 32.3 Å². The quantitative estimate of drug-likeness (QED) is 0.839. The van der Waals surface area contributed by atoms with E-state index in [1.165, 1.54) is 38.5 Å². The first-order valence-corrected chi connectivity index (χ1v) is 8.70. The molecule has 3 heteroatoms. The largest absolute Gasteiger partial charge is 0.341 e. The molecule has 0 aromatic carbocycles. The molecule has 1 aliphatic heterocycles. The van der Waals surface area contributed by atoms with E-state index in [4.69, 9.17) is 0 Å². The van der Waals surface area contributed by atoms with E-state index in [1.54, 1.807) is 0 Å². The van der Waals surface area contributed by atoms with Crippen molar-refractivity contribution in [2.75, 3.05) is 20.1 Å². The molecule has 1 saturated carbocycles. The molecule has 1 N–H and O–H groups in total. The van der Waals surface area contributed by atoms with Gasteiger partial charge in [-0.25, -0.2) is 0 Å². The molecule has 0 radical (unpaired) electrons. The van der Waals surface area contributed by atoms with Gasteiger partial charge in [0.05, 0.1) is 0 Å². The van der Waals surface area contributed by atoms with Crippen molar-refractivity contribution in [2.45, 2.75) is 70.8 Å². The second-order valence-electron chi connectivity index (χ2n) is 6.77. The van der Waals surface area contributed by atoms with Crippen LogP contribution in [0.3, 0.4) is 0 Å². The smallest absolute Gasteiger partial charge is 0.225 e. The molecule has 2 aliphatic rings. The van der Waals surface area contributed by atoms with Gasteiger partial charge >= 0.3 is 0 Å². The molecule has 1 unspecified atom stereocenters. The summed E-state index contributed by atoms with van der Waals surface area (Å²) in [4.78, 5) is 14.8. The summed E-state index contributed by atoms with van der Waals surface area (Å²) in [6.07, 6.45) is 11.2. The summed E-state index contributed by atoms with van der Waals surface area (Å²) in [7, 11) is 2.01. The number of likely N-dealkylation sites (tertiary alicyclic amines) is 1. The van der Waals surface area contributed by atoms with Crippen LogP contribution in [0.2, 0.25) is 0 Å². The lowest BCUT2D eigenvalue weighted by atomic mass is 9.79. The molecule has 116 valence electrons. The third-order valence-corrected chi connectivity index (χ3v) is 5.30. The van der Waals surface area contributed by atoms with Gasteiger partial charge in [-0.15, -0.1) is 0 Å². The summed E-state index contributed by atoms with van der Waals surface area (Å²) in [6, 6.07) is 0.508. The summed E-state index contributed by atoms with van der Waals surface area (Å²) in [5.74, 6) is 1.66. The van der Waals surface area contributed by atoms with E-state index in [9.17, 15) is 4.79 Å². The van der Waals surface area contributed by atoms with Gasteiger partial charge in [0.2, 0.25) is 5.91 Å². The Morgan fingerprint density at radius 2 is 1.95 bits per heavy atom. The number of hydrogen-bond donors (Lipinski definition) is 1. The average Bonchev–Trinajstić information content (AvgIpc) is 2.52. The summed E-state index contributed by atoms with van der Waals surface area (Å²) in [5.41, 5.74) is 0. The van der Waals surface area contributed by atoms with Gasteiger partial charge in [0.1, 0.15) is 0 Å². The molecule has 2 rings (SSSR count). The normalized spacial score (nSPS) is 31.3. The first kappa shape index (κ1) is 15.8. The van der Waals surface area contributed by atoms with Gasteiger partial charge in [0.25, 0.3) is 0 Å². The zero-order valence-electron chi connectivity index (χ0n) is 13.4. The Morgan fingerprint density at radius 3 is 2.60 bits per heavy atom. The maximum Gasteiger partial charge on any atom is 0.225 e. The van der Waals surface area contributed by atoms with Crippen molar-refractivity contribution >= 4 is 5.91 Å². The zero-order valence-corrected chi connectivity index (χ0v) is 13.4. The van der Waals surface area contributed by atoms with Crippen molar-refractivity contribution in [1.82, 2.24) is 10.2 Å². The van der Waals surface area contributed by atoms with E-state index in [-0.39, 0.29) is 0 Å². The highest BCUT2D eigenvalue weighted by molar-refractivity contribution is 5.79. The fourth-order valence-corrected chi connectivity index (χ4v) is 3.86. The second kappa shape index (κ2) is 8.02. The molecule has 3 nitrogen and oxygen atoms in total. The molecule has 1 aliphatic carbocycles. The Morgan fingerprint density at radius 1 is 1.20 bits per heavy atom. The Bertz CT molecular complexity index is 297. The highest BCUT2D eigenvalue weighted by Gasteiger charge is 2.31. The van der Waals surface area contributed by atoms with Gasteiger partial charge in [0.15, 0.2) is 0 Å². The summed E-state index contributed by atoms with van der Waals surface area (Å²) in [6.45, 7) is 4.17. The maximum atomic E-state index is 12.6. The highest BCUT2D eigenvalue weighted by atomic mass is 16.2. The van der Waals surface area contributed by atoms with Crippen molar-refractivity contribution in [2.24, 2.45) is 11.8 Å². The SMILES string of the molecule is CCCCC1CCC(C(=O)N2CCCC(NC)C2)CC1. The van der Waals surface area contributed by atoms with Crippen LogP contribution < -0.4 is 5.32 Å². The van der Waals surface area contributed by atoms with Crippen LogP contribution in [0.1, 0.15) is 64.7 Å². The Kier molecular flexibility index (Phi) is 6.34. The number of carbonyl (C=O) groups is 1. The first-order valence-electron chi connectivity index (χ1n) is 8.70. The fourth-order valence-electron chi connectivity index (χ4n) is 3.86. The van der Waals surface area contributed by atoms with Gasteiger partial charge in [-0.05, 0) is 51.5 Å². The van der Waals surface area contributed by atoms with Crippen LogP contribution in [0.5, 0.6) is 0 Å². The molecule has 20 heavy (non-hydrogen) atoms. The van der Waals surface area contributed by atoms with E-state index >= 15 is 0 Å². The number of rotatable bonds is 5. The van der Waals surface area contributed by atoms with Crippen molar-refractivity contribution in [3.8, 4) is 0 Å². The number of nitrogens with one attached hydrogen (secondary N) is 1. The van der Waals surface area contributed by atoms with Crippen LogP contribution in [0, 0.1) is 11.8 Å².